The Morgan fingerprint density at radius 3 is 2.58 bits per heavy atom. The molecule has 0 atom stereocenters. The number of esters is 1. The van der Waals surface area contributed by atoms with Gasteiger partial charge in [0.2, 0.25) is 0 Å². The highest BCUT2D eigenvalue weighted by molar-refractivity contribution is 5.71. The van der Waals surface area contributed by atoms with Crippen LogP contribution in [0.2, 0.25) is 0 Å². The molecule has 4 nitrogen and oxygen atoms in total. The smallest absolute Gasteiger partial charge is 0.319 e. The lowest BCUT2D eigenvalue weighted by molar-refractivity contribution is -0.139. The number of benzene rings is 1. The molecule has 0 spiro atoms. The highest BCUT2D eigenvalue weighted by Crippen LogP contribution is 2.12. The molecule has 0 aromatic heterocycles. The standard InChI is InChI=1S/C15H23NO3/c1-3-4-5-10-19-14-8-6-13(7-9-14)11-16-12-15(17)18-2/h6-9,16H,3-5,10-12H2,1-2H3. The zero-order valence-corrected chi connectivity index (χ0v) is 11.8. The van der Waals surface area contributed by atoms with Gasteiger partial charge in [0.15, 0.2) is 0 Å². The summed E-state index contributed by atoms with van der Waals surface area (Å²) in [7, 11) is 1.38. The molecular weight excluding hydrogens is 242 g/mol. The van der Waals surface area contributed by atoms with Crippen LogP contribution >= 0.6 is 0 Å². The zero-order valence-electron chi connectivity index (χ0n) is 11.8. The largest absolute Gasteiger partial charge is 0.494 e. The predicted octanol–water partition coefficient (Wildman–Crippen LogP) is 2.52. The summed E-state index contributed by atoms with van der Waals surface area (Å²) < 4.78 is 10.2. The number of ether oxygens (including phenoxy) is 2. The molecule has 0 radical (unpaired) electrons. The first-order valence-electron chi connectivity index (χ1n) is 6.75. The Bertz CT molecular complexity index is 362. The fourth-order valence-corrected chi connectivity index (χ4v) is 1.63. The molecule has 1 rings (SSSR count). The molecule has 0 amide bonds. The van der Waals surface area contributed by atoms with Crippen LogP contribution < -0.4 is 10.1 Å². The Kier molecular flexibility index (Phi) is 7.66. The van der Waals surface area contributed by atoms with Crippen molar-refractivity contribution in [1.82, 2.24) is 5.32 Å². The van der Waals surface area contributed by atoms with Gasteiger partial charge in [0.05, 0.1) is 20.3 Å². The molecule has 0 aliphatic carbocycles. The molecule has 0 saturated carbocycles. The van der Waals surface area contributed by atoms with Crippen molar-refractivity contribution in [3.63, 3.8) is 0 Å². The SMILES string of the molecule is CCCCCOc1ccc(CNCC(=O)OC)cc1. The zero-order chi connectivity index (χ0) is 13.9. The molecule has 0 fully saturated rings. The van der Waals surface area contributed by atoms with Gasteiger partial charge in [-0.1, -0.05) is 31.9 Å². The molecule has 0 unspecified atom stereocenters. The minimum Gasteiger partial charge on any atom is -0.494 e. The summed E-state index contributed by atoms with van der Waals surface area (Å²) in [5.74, 6) is 0.642. The van der Waals surface area contributed by atoms with Gasteiger partial charge in [0.25, 0.3) is 0 Å². The number of hydrogen-bond acceptors (Lipinski definition) is 4. The van der Waals surface area contributed by atoms with E-state index in [9.17, 15) is 4.79 Å². The average molecular weight is 265 g/mol. The summed E-state index contributed by atoms with van der Waals surface area (Å²) >= 11 is 0. The molecule has 106 valence electrons. The summed E-state index contributed by atoms with van der Waals surface area (Å²) in [6, 6.07) is 7.92. The van der Waals surface area contributed by atoms with Gasteiger partial charge in [-0.2, -0.15) is 0 Å². The number of carbonyl (C=O) groups is 1. The number of unbranched alkanes of at least 4 members (excludes halogenated alkanes) is 2. The summed E-state index contributed by atoms with van der Waals surface area (Å²) in [5.41, 5.74) is 1.12. The van der Waals surface area contributed by atoms with Crippen LogP contribution in [-0.4, -0.2) is 26.2 Å². The molecule has 0 aliphatic heterocycles. The Labute approximate surface area is 115 Å². The van der Waals surface area contributed by atoms with Crippen molar-refractivity contribution in [2.45, 2.75) is 32.7 Å². The second-order valence-corrected chi connectivity index (χ2v) is 4.38. The first-order valence-corrected chi connectivity index (χ1v) is 6.75. The van der Waals surface area contributed by atoms with Crippen molar-refractivity contribution in [3.05, 3.63) is 29.8 Å². The van der Waals surface area contributed by atoms with Crippen LogP contribution in [0.5, 0.6) is 5.75 Å². The third kappa shape index (κ3) is 6.82. The van der Waals surface area contributed by atoms with Gasteiger partial charge in [0, 0.05) is 6.54 Å². The monoisotopic (exact) mass is 265 g/mol. The minimum atomic E-state index is -0.254. The van der Waals surface area contributed by atoms with Gasteiger partial charge in [0.1, 0.15) is 5.75 Å². The lowest BCUT2D eigenvalue weighted by Crippen LogP contribution is -2.23. The van der Waals surface area contributed by atoms with E-state index in [1.54, 1.807) is 0 Å². The molecule has 19 heavy (non-hydrogen) atoms. The molecule has 0 saturated heterocycles. The fourth-order valence-electron chi connectivity index (χ4n) is 1.63. The van der Waals surface area contributed by atoms with Crippen LogP contribution in [0.1, 0.15) is 31.7 Å². The number of hydrogen-bond donors (Lipinski definition) is 1. The van der Waals surface area contributed by atoms with Crippen molar-refractivity contribution in [2.75, 3.05) is 20.3 Å². The molecular formula is C15H23NO3. The van der Waals surface area contributed by atoms with Crippen molar-refractivity contribution in [3.8, 4) is 5.75 Å². The molecule has 0 heterocycles. The van der Waals surface area contributed by atoms with Gasteiger partial charge in [-0.15, -0.1) is 0 Å². The Hall–Kier alpha value is -1.55. The normalized spacial score (nSPS) is 10.2. The minimum absolute atomic E-state index is 0.228. The van der Waals surface area contributed by atoms with Crippen LogP contribution in [-0.2, 0) is 16.1 Å². The van der Waals surface area contributed by atoms with Gasteiger partial charge in [-0.05, 0) is 24.1 Å². The van der Waals surface area contributed by atoms with E-state index in [-0.39, 0.29) is 12.5 Å². The van der Waals surface area contributed by atoms with Crippen molar-refractivity contribution in [1.29, 1.82) is 0 Å². The lowest BCUT2D eigenvalue weighted by atomic mass is 10.2. The van der Waals surface area contributed by atoms with E-state index in [1.807, 2.05) is 24.3 Å². The molecule has 4 heteroatoms. The molecule has 0 bridgehead atoms. The highest BCUT2D eigenvalue weighted by atomic mass is 16.5. The van der Waals surface area contributed by atoms with Crippen LogP contribution in [0.25, 0.3) is 0 Å². The van der Waals surface area contributed by atoms with Gasteiger partial charge < -0.3 is 14.8 Å². The topological polar surface area (TPSA) is 47.6 Å². The first kappa shape index (κ1) is 15.5. The van der Waals surface area contributed by atoms with Gasteiger partial charge >= 0.3 is 5.97 Å². The van der Waals surface area contributed by atoms with E-state index in [0.29, 0.717) is 6.54 Å². The second-order valence-electron chi connectivity index (χ2n) is 4.38. The molecule has 1 aromatic carbocycles. The van der Waals surface area contributed by atoms with Crippen LogP contribution in [0.3, 0.4) is 0 Å². The lowest BCUT2D eigenvalue weighted by Gasteiger charge is -2.07. The molecule has 0 aliphatic rings. The van der Waals surface area contributed by atoms with E-state index < -0.39 is 0 Å². The maximum atomic E-state index is 10.9. The summed E-state index contributed by atoms with van der Waals surface area (Å²) in [6.45, 7) is 3.82. The first-order chi connectivity index (χ1) is 9.26. The van der Waals surface area contributed by atoms with Gasteiger partial charge in [-0.3, -0.25) is 4.79 Å². The van der Waals surface area contributed by atoms with Crippen molar-refractivity contribution in [2.24, 2.45) is 0 Å². The van der Waals surface area contributed by atoms with Crippen molar-refractivity contribution < 1.29 is 14.3 Å². The fraction of sp³-hybridized carbons (Fsp3) is 0.533. The Morgan fingerprint density at radius 2 is 1.95 bits per heavy atom. The van der Waals surface area contributed by atoms with E-state index in [1.165, 1.54) is 20.0 Å². The maximum Gasteiger partial charge on any atom is 0.319 e. The predicted molar refractivity (Wildman–Crippen MR) is 75.2 cm³/mol. The summed E-state index contributed by atoms with van der Waals surface area (Å²) in [5, 5.41) is 3.02. The maximum absolute atomic E-state index is 10.9. The second kappa shape index (κ2) is 9.39. The van der Waals surface area contributed by atoms with Crippen LogP contribution in [0, 0.1) is 0 Å². The van der Waals surface area contributed by atoms with Crippen molar-refractivity contribution >= 4 is 5.97 Å². The van der Waals surface area contributed by atoms with E-state index in [2.05, 4.69) is 17.0 Å². The molecule has 1 aromatic rings. The van der Waals surface area contributed by atoms with E-state index in [4.69, 9.17) is 4.74 Å². The number of nitrogens with one attached hydrogen (secondary N) is 1. The Morgan fingerprint density at radius 1 is 1.21 bits per heavy atom. The average Bonchev–Trinajstić information content (AvgIpc) is 2.45. The third-order valence-electron chi connectivity index (χ3n) is 2.77. The molecule has 1 N–H and O–H groups in total. The quantitative estimate of drug-likeness (QED) is 0.550. The summed E-state index contributed by atoms with van der Waals surface area (Å²) in [6.07, 6.45) is 3.50. The van der Waals surface area contributed by atoms with Crippen LogP contribution in [0.4, 0.5) is 0 Å². The van der Waals surface area contributed by atoms with Crippen LogP contribution in [0.15, 0.2) is 24.3 Å². The number of carbonyl (C=O) groups excluding carboxylic acids is 1. The highest BCUT2D eigenvalue weighted by Gasteiger charge is 1.99. The van der Waals surface area contributed by atoms with E-state index >= 15 is 0 Å². The van der Waals surface area contributed by atoms with Gasteiger partial charge in [-0.25, -0.2) is 0 Å². The third-order valence-corrected chi connectivity index (χ3v) is 2.77. The number of methoxy groups -OCH3 is 1. The number of rotatable bonds is 9. The Balaban J connectivity index is 2.25. The summed E-state index contributed by atoms with van der Waals surface area (Å²) in [4.78, 5) is 10.9. The van der Waals surface area contributed by atoms with E-state index in [0.717, 1.165) is 24.3 Å².